The third-order valence-electron chi connectivity index (χ3n) is 4.11. The Morgan fingerprint density at radius 2 is 1.83 bits per heavy atom. The molecule has 8 heteroatoms. The van der Waals surface area contributed by atoms with Gasteiger partial charge in [0.25, 0.3) is 0 Å². The summed E-state index contributed by atoms with van der Waals surface area (Å²) in [5.41, 5.74) is -1.18. The van der Waals surface area contributed by atoms with Gasteiger partial charge in [-0.3, -0.25) is 0 Å². The van der Waals surface area contributed by atoms with E-state index in [-0.39, 0.29) is 36.6 Å². The Labute approximate surface area is 189 Å². The maximum atomic E-state index is 10.6. The van der Waals surface area contributed by atoms with Crippen LogP contribution in [0, 0.1) is 6.92 Å². The van der Waals surface area contributed by atoms with E-state index in [1.165, 1.54) is 0 Å². The molecule has 0 aliphatic carbocycles. The first kappa shape index (κ1) is 25.1. The number of ether oxygens (including phenoxy) is 2. The first-order valence-corrected chi connectivity index (χ1v) is 9.46. The molecule has 0 amide bonds. The lowest BCUT2D eigenvalue weighted by molar-refractivity contribution is 0.0428. The lowest BCUT2D eigenvalue weighted by Gasteiger charge is -2.21. The van der Waals surface area contributed by atoms with Gasteiger partial charge in [0.2, 0.25) is 0 Å². The highest BCUT2D eigenvalue weighted by molar-refractivity contribution is 14.0. The van der Waals surface area contributed by atoms with Crippen molar-refractivity contribution in [3.8, 4) is 11.5 Å². The Hall–Kier alpha value is -1.94. The van der Waals surface area contributed by atoms with Crippen molar-refractivity contribution in [3.05, 3.63) is 47.9 Å². The molecule has 0 spiro atoms. The molecule has 2 atom stereocenters. The van der Waals surface area contributed by atoms with E-state index < -0.39 is 5.60 Å². The molecule has 162 valence electrons. The van der Waals surface area contributed by atoms with Crippen molar-refractivity contribution in [1.82, 2.24) is 10.6 Å². The standard InChI is InChI=1S/C21H31N3O4.HI/c1-6-22-20(24-14-21(4,25)19-12-7-15(2)28-19)23-13-16(3)27-18-10-8-17(26-5)9-11-18;/h7-12,16,25H,6,13-14H2,1-5H3,(H2,22,23,24);1H. The van der Waals surface area contributed by atoms with Crippen LogP contribution in [0.2, 0.25) is 0 Å². The second-order valence-corrected chi connectivity index (χ2v) is 6.86. The van der Waals surface area contributed by atoms with Crippen molar-refractivity contribution in [2.24, 2.45) is 4.99 Å². The number of nitrogens with one attached hydrogen (secondary N) is 2. The van der Waals surface area contributed by atoms with Gasteiger partial charge in [-0.2, -0.15) is 0 Å². The normalized spacial score (nSPS) is 14.3. The van der Waals surface area contributed by atoms with Gasteiger partial charge in [-0.25, -0.2) is 4.99 Å². The maximum absolute atomic E-state index is 10.6. The predicted molar refractivity (Wildman–Crippen MR) is 125 cm³/mol. The molecule has 0 saturated carbocycles. The highest BCUT2D eigenvalue weighted by atomic mass is 127. The fourth-order valence-electron chi connectivity index (χ4n) is 2.55. The molecular formula is C21H32IN3O4. The number of aliphatic hydroxyl groups is 1. The van der Waals surface area contributed by atoms with E-state index in [1.54, 1.807) is 20.1 Å². The molecule has 1 heterocycles. The molecule has 7 nitrogen and oxygen atoms in total. The van der Waals surface area contributed by atoms with Crippen molar-refractivity contribution >= 4 is 29.9 Å². The molecule has 0 aliphatic heterocycles. The van der Waals surface area contributed by atoms with E-state index in [0.717, 1.165) is 17.3 Å². The molecule has 3 N–H and O–H groups in total. The molecule has 2 unspecified atom stereocenters. The fraction of sp³-hybridized carbons (Fsp3) is 0.476. The summed E-state index contributed by atoms with van der Waals surface area (Å²) in [4.78, 5) is 4.48. The molecule has 1 aromatic heterocycles. The molecule has 1 aromatic carbocycles. The number of aliphatic imine (C=N–C) groups is 1. The Balaban J connectivity index is 0.00000420. The molecule has 0 radical (unpaired) electrons. The van der Waals surface area contributed by atoms with Gasteiger partial charge in [-0.05, 0) is 64.1 Å². The number of methoxy groups -OCH3 is 1. The Bertz CT molecular complexity index is 760. The van der Waals surface area contributed by atoms with Gasteiger partial charge in [-0.15, -0.1) is 24.0 Å². The van der Waals surface area contributed by atoms with E-state index in [2.05, 4.69) is 15.6 Å². The highest BCUT2D eigenvalue weighted by Crippen LogP contribution is 2.23. The van der Waals surface area contributed by atoms with Crippen LogP contribution in [0.3, 0.4) is 0 Å². The summed E-state index contributed by atoms with van der Waals surface area (Å²) in [6, 6.07) is 11.1. The minimum absolute atomic E-state index is 0. The van der Waals surface area contributed by atoms with Gasteiger partial charge in [0.15, 0.2) is 5.96 Å². The summed E-state index contributed by atoms with van der Waals surface area (Å²) < 4.78 is 16.6. The van der Waals surface area contributed by atoms with Crippen molar-refractivity contribution in [1.29, 1.82) is 0 Å². The number of rotatable bonds is 9. The minimum atomic E-state index is -1.18. The lowest BCUT2D eigenvalue weighted by atomic mass is 10.0. The summed E-state index contributed by atoms with van der Waals surface area (Å²) in [6.45, 7) is 8.93. The largest absolute Gasteiger partial charge is 0.497 e. The summed E-state index contributed by atoms with van der Waals surface area (Å²) in [5, 5.41) is 17.1. The predicted octanol–water partition coefficient (Wildman–Crippen LogP) is 3.44. The van der Waals surface area contributed by atoms with E-state index in [4.69, 9.17) is 13.9 Å². The van der Waals surface area contributed by atoms with Crippen LogP contribution in [0.5, 0.6) is 11.5 Å². The smallest absolute Gasteiger partial charge is 0.191 e. The van der Waals surface area contributed by atoms with Crippen molar-refractivity contribution in [2.75, 3.05) is 26.7 Å². The second-order valence-electron chi connectivity index (χ2n) is 6.86. The zero-order valence-electron chi connectivity index (χ0n) is 17.7. The Morgan fingerprint density at radius 3 is 2.38 bits per heavy atom. The van der Waals surface area contributed by atoms with Crippen LogP contribution in [0.4, 0.5) is 0 Å². The molecule has 2 rings (SSSR count). The highest BCUT2D eigenvalue weighted by Gasteiger charge is 2.26. The number of nitrogens with zero attached hydrogens (tertiary/aromatic N) is 1. The number of benzene rings is 1. The van der Waals surface area contributed by atoms with Crippen molar-refractivity contribution in [3.63, 3.8) is 0 Å². The number of furan rings is 1. The van der Waals surface area contributed by atoms with Crippen LogP contribution < -0.4 is 20.1 Å². The zero-order chi connectivity index (χ0) is 20.6. The number of guanidine groups is 1. The average molecular weight is 517 g/mol. The maximum Gasteiger partial charge on any atom is 0.191 e. The Morgan fingerprint density at radius 1 is 1.17 bits per heavy atom. The molecule has 29 heavy (non-hydrogen) atoms. The second kappa shape index (κ2) is 11.9. The van der Waals surface area contributed by atoms with Gasteiger partial charge in [0, 0.05) is 6.54 Å². The van der Waals surface area contributed by atoms with Crippen molar-refractivity contribution in [2.45, 2.75) is 39.4 Å². The molecule has 0 fully saturated rings. The summed E-state index contributed by atoms with van der Waals surface area (Å²) >= 11 is 0. The van der Waals surface area contributed by atoms with Crippen LogP contribution >= 0.6 is 24.0 Å². The van der Waals surface area contributed by atoms with Gasteiger partial charge in [-0.1, -0.05) is 0 Å². The number of hydrogen-bond donors (Lipinski definition) is 3. The summed E-state index contributed by atoms with van der Waals surface area (Å²) in [5.74, 6) is 3.43. The topological polar surface area (TPSA) is 88.3 Å². The van der Waals surface area contributed by atoms with Crippen LogP contribution in [-0.4, -0.2) is 43.9 Å². The van der Waals surface area contributed by atoms with Crippen molar-refractivity contribution < 1.29 is 19.0 Å². The van der Waals surface area contributed by atoms with E-state index in [1.807, 2.05) is 51.1 Å². The van der Waals surface area contributed by atoms with E-state index >= 15 is 0 Å². The first-order chi connectivity index (χ1) is 13.3. The monoisotopic (exact) mass is 517 g/mol. The van der Waals surface area contributed by atoms with Crippen LogP contribution in [0.15, 0.2) is 45.8 Å². The van der Waals surface area contributed by atoms with Gasteiger partial charge >= 0.3 is 0 Å². The molecular weight excluding hydrogens is 485 g/mol. The summed E-state index contributed by atoms with van der Waals surface area (Å²) in [7, 11) is 1.63. The summed E-state index contributed by atoms with van der Waals surface area (Å²) in [6.07, 6.45) is -0.0783. The van der Waals surface area contributed by atoms with Gasteiger partial charge < -0.3 is 29.6 Å². The van der Waals surface area contributed by atoms with Gasteiger partial charge in [0.05, 0.1) is 20.2 Å². The average Bonchev–Trinajstić information content (AvgIpc) is 3.12. The Kier molecular flexibility index (Phi) is 10.3. The lowest BCUT2D eigenvalue weighted by Crippen LogP contribution is -2.42. The van der Waals surface area contributed by atoms with E-state index in [0.29, 0.717) is 24.8 Å². The van der Waals surface area contributed by atoms with Crippen LogP contribution in [-0.2, 0) is 5.60 Å². The molecule has 0 saturated heterocycles. The first-order valence-electron chi connectivity index (χ1n) is 9.46. The zero-order valence-corrected chi connectivity index (χ0v) is 20.0. The van der Waals surface area contributed by atoms with Gasteiger partial charge in [0.1, 0.15) is 34.7 Å². The number of hydrogen-bond acceptors (Lipinski definition) is 5. The molecule has 0 bridgehead atoms. The molecule has 0 aliphatic rings. The quantitative estimate of drug-likeness (QED) is 0.269. The third kappa shape index (κ3) is 8.14. The third-order valence-corrected chi connectivity index (χ3v) is 4.11. The minimum Gasteiger partial charge on any atom is -0.497 e. The number of aryl methyl sites for hydroxylation is 1. The van der Waals surface area contributed by atoms with E-state index in [9.17, 15) is 5.11 Å². The fourth-order valence-corrected chi connectivity index (χ4v) is 2.55. The molecule has 2 aromatic rings. The van der Waals surface area contributed by atoms with Crippen LogP contribution in [0.25, 0.3) is 0 Å². The SMILES string of the molecule is CCNC(=NCC(C)(O)c1ccc(C)o1)NCC(C)Oc1ccc(OC)cc1.I. The van der Waals surface area contributed by atoms with Crippen LogP contribution in [0.1, 0.15) is 32.3 Å². The number of halogens is 1.